The van der Waals surface area contributed by atoms with E-state index in [1.807, 2.05) is 12.1 Å². The Kier molecular flexibility index (Phi) is 3.95. The van der Waals surface area contributed by atoms with Crippen molar-refractivity contribution in [2.45, 2.75) is 13.0 Å². The van der Waals surface area contributed by atoms with E-state index in [4.69, 9.17) is 11.6 Å². The van der Waals surface area contributed by atoms with Crippen molar-refractivity contribution in [1.29, 1.82) is 0 Å². The van der Waals surface area contributed by atoms with E-state index in [1.165, 1.54) is 17.3 Å². The number of H-pyrrole nitrogens is 2. The zero-order valence-electron chi connectivity index (χ0n) is 13.0. The van der Waals surface area contributed by atoms with Crippen LogP contribution in [0.3, 0.4) is 0 Å². The molecule has 2 aromatic heterocycles. The van der Waals surface area contributed by atoms with Crippen LogP contribution in [-0.2, 0) is 13.0 Å². The molecule has 0 saturated heterocycles. The number of aromatic nitrogens is 4. The summed E-state index contributed by atoms with van der Waals surface area (Å²) < 4.78 is 0. The standard InChI is InChI=1S/C16H17ClN6O/c17-13-3-1-2-10-9-23(6-4-11(10)13)7-5-18-16-20-14-12(8-19-22-14)15(24)21-16/h1-3,8H,4-7,9H2,(H3,18,19,20,21,22,24). The lowest BCUT2D eigenvalue weighted by Crippen LogP contribution is -2.34. The van der Waals surface area contributed by atoms with E-state index in [9.17, 15) is 4.79 Å². The van der Waals surface area contributed by atoms with Crippen LogP contribution in [0.1, 0.15) is 11.1 Å². The third kappa shape index (κ3) is 2.88. The maximum atomic E-state index is 11.9. The maximum absolute atomic E-state index is 11.9. The van der Waals surface area contributed by atoms with Gasteiger partial charge in [-0.05, 0) is 23.6 Å². The molecule has 4 rings (SSSR count). The molecule has 0 amide bonds. The number of nitrogens with zero attached hydrogens (tertiary/aromatic N) is 3. The molecule has 3 heterocycles. The average Bonchev–Trinajstić information content (AvgIpc) is 3.04. The summed E-state index contributed by atoms with van der Waals surface area (Å²) in [7, 11) is 0. The van der Waals surface area contributed by atoms with E-state index in [1.54, 1.807) is 0 Å². The first kappa shape index (κ1) is 15.2. The summed E-state index contributed by atoms with van der Waals surface area (Å²) in [5, 5.41) is 11.0. The van der Waals surface area contributed by atoms with Crippen molar-refractivity contribution in [2.75, 3.05) is 25.0 Å². The molecule has 7 nitrogen and oxygen atoms in total. The number of hydrogen-bond donors (Lipinski definition) is 3. The molecule has 1 aliphatic heterocycles. The number of nitrogens with one attached hydrogen (secondary N) is 3. The van der Waals surface area contributed by atoms with Gasteiger partial charge in [-0.1, -0.05) is 23.7 Å². The van der Waals surface area contributed by atoms with Crippen molar-refractivity contribution >= 4 is 28.6 Å². The number of fused-ring (bicyclic) bond motifs is 2. The minimum absolute atomic E-state index is 0.196. The Bertz CT molecular complexity index is 934. The van der Waals surface area contributed by atoms with Crippen LogP contribution in [0.2, 0.25) is 5.02 Å². The molecule has 0 radical (unpaired) electrons. The van der Waals surface area contributed by atoms with Crippen LogP contribution in [0.15, 0.2) is 29.2 Å². The smallest absolute Gasteiger partial charge is 0.263 e. The Morgan fingerprint density at radius 2 is 2.29 bits per heavy atom. The molecule has 0 saturated carbocycles. The number of aromatic amines is 2. The van der Waals surface area contributed by atoms with Gasteiger partial charge in [0.05, 0.1) is 6.20 Å². The van der Waals surface area contributed by atoms with Crippen LogP contribution in [0, 0.1) is 0 Å². The number of rotatable bonds is 4. The van der Waals surface area contributed by atoms with Crippen LogP contribution in [0.5, 0.6) is 0 Å². The molecule has 124 valence electrons. The molecule has 0 spiro atoms. The summed E-state index contributed by atoms with van der Waals surface area (Å²) >= 11 is 6.25. The van der Waals surface area contributed by atoms with E-state index < -0.39 is 0 Å². The minimum Gasteiger partial charge on any atom is -0.354 e. The highest BCUT2D eigenvalue weighted by atomic mass is 35.5. The lowest BCUT2D eigenvalue weighted by Gasteiger charge is -2.29. The Hall–Kier alpha value is -2.38. The second-order valence-electron chi connectivity index (χ2n) is 5.88. The van der Waals surface area contributed by atoms with Gasteiger partial charge in [-0.15, -0.1) is 0 Å². The highest BCUT2D eigenvalue weighted by Gasteiger charge is 2.17. The summed E-state index contributed by atoms with van der Waals surface area (Å²) in [6, 6.07) is 6.08. The summed E-state index contributed by atoms with van der Waals surface area (Å²) in [5.74, 6) is 0.456. The zero-order valence-corrected chi connectivity index (χ0v) is 13.7. The number of anilines is 1. The average molecular weight is 345 g/mol. The van der Waals surface area contributed by atoms with Gasteiger partial charge in [-0.25, -0.2) is 0 Å². The van der Waals surface area contributed by atoms with Crippen LogP contribution in [-0.4, -0.2) is 44.7 Å². The minimum atomic E-state index is -0.196. The fraction of sp³-hybridized carbons (Fsp3) is 0.312. The van der Waals surface area contributed by atoms with Gasteiger partial charge in [0, 0.05) is 31.2 Å². The maximum Gasteiger partial charge on any atom is 0.263 e. The number of hydrogen-bond acceptors (Lipinski definition) is 5. The van der Waals surface area contributed by atoms with Gasteiger partial charge in [0.1, 0.15) is 5.39 Å². The van der Waals surface area contributed by atoms with Gasteiger partial charge >= 0.3 is 0 Å². The van der Waals surface area contributed by atoms with Crippen molar-refractivity contribution in [2.24, 2.45) is 0 Å². The second kappa shape index (κ2) is 6.26. The van der Waals surface area contributed by atoms with Crippen molar-refractivity contribution in [3.05, 3.63) is 50.9 Å². The lowest BCUT2D eigenvalue weighted by atomic mass is 10.00. The number of halogens is 1. The van der Waals surface area contributed by atoms with Crippen molar-refractivity contribution in [1.82, 2.24) is 25.1 Å². The monoisotopic (exact) mass is 344 g/mol. The van der Waals surface area contributed by atoms with E-state index >= 15 is 0 Å². The SMILES string of the molecule is O=c1[nH]c(NCCN2CCc3c(Cl)cccc3C2)nc2[nH]ncc12. The van der Waals surface area contributed by atoms with E-state index in [2.05, 4.69) is 36.4 Å². The predicted molar refractivity (Wildman–Crippen MR) is 93.4 cm³/mol. The molecule has 0 aliphatic carbocycles. The van der Waals surface area contributed by atoms with E-state index in [0.29, 0.717) is 23.5 Å². The largest absolute Gasteiger partial charge is 0.354 e. The highest BCUT2D eigenvalue weighted by molar-refractivity contribution is 6.31. The molecular weight excluding hydrogens is 328 g/mol. The molecule has 24 heavy (non-hydrogen) atoms. The Morgan fingerprint density at radius 3 is 3.21 bits per heavy atom. The summed E-state index contributed by atoms with van der Waals surface area (Å²) in [6.45, 7) is 3.41. The molecule has 0 atom stereocenters. The number of benzene rings is 1. The molecule has 8 heteroatoms. The summed E-state index contributed by atoms with van der Waals surface area (Å²) in [4.78, 5) is 21.3. The molecule has 0 unspecified atom stereocenters. The summed E-state index contributed by atoms with van der Waals surface area (Å²) in [5.41, 5.74) is 2.85. The summed E-state index contributed by atoms with van der Waals surface area (Å²) in [6.07, 6.45) is 2.44. The van der Waals surface area contributed by atoms with Gasteiger partial charge in [0.25, 0.3) is 5.56 Å². The molecule has 3 aromatic rings. The Balaban J connectivity index is 1.38. The first-order valence-corrected chi connectivity index (χ1v) is 8.24. The molecule has 1 aromatic carbocycles. The van der Waals surface area contributed by atoms with Crippen LogP contribution < -0.4 is 10.9 Å². The normalized spacial score (nSPS) is 14.7. The molecule has 1 aliphatic rings. The molecule has 0 bridgehead atoms. The van der Waals surface area contributed by atoms with Crippen LogP contribution in [0.25, 0.3) is 11.0 Å². The topological polar surface area (TPSA) is 89.7 Å². The van der Waals surface area contributed by atoms with Gasteiger partial charge in [0.2, 0.25) is 5.95 Å². The fourth-order valence-electron chi connectivity index (χ4n) is 3.07. The molecule has 0 fully saturated rings. The quantitative estimate of drug-likeness (QED) is 0.671. The fourth-order valence-corrected chi connectivity index (χ4v) is 3.36. The molecular formula is C16H17ClN6O. The second-order valence-corrected chi connectivity index (χ2v) is 6.28. The lowest BCUT2D eigenvalue weighted by molar-refractivity contribution is 0.264. The molecule has 3 N–H and O–H groups in total. The van der Waals surface area contributed by atoms with Crippen molar-refractivity contribution < 1.29 is 0 Å². The van der Waals surface area contributed by atoms with Gasteiger partial charge in [0.15, 0.2) is 5.65 Å². The van der Waals surface area contributed by atoms with E-state index in [0.717, 1.165) is 31.1 Å². The third-order valence-electron chi connectivity index (χ3n) is 4.33. The zero-order chi connectivity index (χ0) is 16.5. The Morgan fingerprint density at radius 1 is 1.38 bits per heavy atom. The predicted octanol–water partition coefficient (Wildman–Crippen LogP) is 1.77. The first-order valence-electron chi connectivity index (χ1n) is 7.86. The highest BCUT2D eigenvalue weighted by Crippen LogP contribution is 2.25. The van der Waals surface area contributed by atoms with Crippen LogP contribution >= 0.6 is 11.6 Å². The van der Waals surface area contributed by atoms with Crippen molar-refractivity contribution in [3.8, 4) is 0 Å². The third-order valence-corrected chi connectivity index (χ3v) is 4.68. The Labute approximate surface area is 143 Å². The van der Waals surface area contributed by atoms with Gasteiger partial charge in [-0.2, -0.15) is 10.1 Å². The van der Waals surface area contributed by atoms with Crippen molar-refractivity contribution in [3.63, 3.8) is 0 Å². The van der Waals surface area contributed by atoms with Gasteiger partial charge < -0.3 is 5.32 Å². The van der Waals surface area contributed by atoms with Gasteiger partial charge in [-0.3, -0.25) is 19.8 Å². The first-order chi connectivity index (χ1) is 11.7. The van der Waals surface area contributed by atoms with Crippen LogP contribution in [0.4, 0.5) is 5.95 Å². The van der Waals surface area contributed by atoms with E-state index in [-0.39, 0.29) is 5.56 Å².